The number of sulfonamides is 1. The molecule has 5 nitrogen and oxygen atoms in total. The molecule has 0 radical (unpaired) electrons. The number of benzene rings is 2. The van der Waals surface area contributed by atoms with Gasteiger partial charge in [-0.2, -0.15) is 4.31 Å². The molecule has 0 unspecified atom stereocenters. The summed E-state index contributed by atoms with van der Waals surface area (Å²) in [6.07, 6.45) is 0. The van der Waals surface area contributed by atoms with Gasteiger partial charge in [-0.05, 0) is 42.5 Å². The molecule has 1 aliphatic heterocycles. The third-order valence-electron chi connectivity index (χ3n) is 4.02. The van der Waals surface area contributed by atoms with Crippen molar-refractivity contribution in [3.05, 3.63) is 58.6 Å². The second-order valence-electron chi connectivity index (χ2n) is 5.79. The molecule has 0 atom stereocenters. The molecular formula is C17H17Cl2N3O2S2. The highest BCUT2D eigenvalue weighted by molar-refractivity contribution is 7.89. The molecule has 0 bridgehead atoms. The van der Waals surface area contributed by atoms with Gasteiger partial charge in [-0.3, -0.25) is 0 Å². The molecule has 1 saturated heterocycles. The van der Waals surface area contributed by atoms with Crippen molar-refractivity contribution in [1.29, 1.82) is 0 Å². The van der Waals surface area contributed by atoms with Crippen LogP contribution in [0.5, 0.6) is 0 Å². The summed E-state index contributed by atoms with van der Waals surface area (Å²) in [5.41, 5.74) is 0.701. The van der Waals surface area contributed by atoms with Gasteiger partial charge >= 0.3 is 0 Å². The normalized spacial score (nSPS) is 15.7. The van der Waals surface area contributed by atoms with Crippen LogP contribution in [-0.4, -0.2) is 48.9 Å². The molecule has 0 amide bonds. The Morgan fingerprint density at radius 1 is 0.962 bits per heavy atom. The fraction of sp³-hybridized carbons (Fsp3) is 0.235. The van der Waals surface area contributed by atoms with Gasteiger partial charge in [0.05, 0.1) is 4.90 Å². The average Bonchev–Trinajstić information content (AvgIpc) is 2.61. The monoisotopic (exact) mass is 429 g/mol. The maximum Gasteiger partial charge on any atom is 0.243 e. The van der Waals surface area contributed by atoms with E-state index in [0.29, 0.717) is 51.9 Å². The van der Waals surface area contributed by atoms with Crippen LogP contribution in [0.2, 0.25) is 10.0 Å². The van der Waals surface area contributed by atoms with Crippen molar-refractivity contribution in [2.75, 3.05) is 31.5 Å². The maximum atomic E-state index is 12.7. The summed E-state index contributed by atoms with van der Waals surface area (Å²) in [4.78, 5) is 2.24. The first-order chi connectivity index (χ1) is 12.4. The fourth-order valence-electron chi connectivity index (χ4n) is 2.70. The Bertz CT molecular complexity index is 879. The lowest BCUT2D eigenvalue weighted by Gasteiger charge is -2.35. The molecule has 0 saturated carbocycles. The van der Waals surface area contributed by atoms with Gasteiger partial charge < -0.3 is 10.2 Å². The molecule has 1 fully saturated rings. The molecular weight excluding hydrogens is 413 g/mol. The number of anilines is 1. The third-order valence-corrected chi connectivity index (χ3v) is 6.73. The summed E-state index contributed by atoms with van der Waals surface area (Å²) in [7, 11) is -3.47. The van der Waals surface area contributed by atoms with Gasteiger partial charge in [0, 0.05) is 41.9 Å². The Labute approximate surface area is 168 Å². The van der Waals surface area contributed by atoms with E-state index >= 15 is 0 Å². The number of hydrogen-bond donors (Lipinski definition) is 1. The first-order valence-corrected chi connectivity index (χ1v) is 10.5. The predicted molar refractivity (Wildman–Crippen MR) is 109 cm³/mol. The van der Waals surface area contributed by atoms with E-state index in [0.717, 1.165) is 0 Å². The van der Waals surface area contributed by atoms with Gasteiger partial charge in [-0.25, -0.2) is 8.42 Å². The van der Waals surface area contributed by atoms with E-state index in [4.69, 9.17) is 35.4 Å². The van der Waals surface area contributed by atoms with Crippen molar-refractivity contribution >= 4 is 56.2 Å². The molecule has 1 heterocycles. The Kier molecular flexibility index (Phi) is 6.04. The van der Waals surface area contributed by atoms with Gasteiger partial charge in [0.1, 0.15) is 0 Å². The van der Waals surface area contributed by atoms with Crippen molar-refractivity contribution in [3.8, 4) is 0 Å². The largest absolute Gasteiger partial charge is 0.346 e. The van der Waals surface area contributed by atoms with Crippen molar-refractivity contribution in [1.82, 2.24) is 9.21 Å². The minimum atomic E-state index is -3.47. The number of hydrogen-bond acceptors (Lipinski definition) is 3. The molecule has 138 valence electrons. The lowest BCUT2D eigenvalue weighted by Crippen LogP contribution is -2.51. The molecule has 3 rings (SSSR count). The standard InChI is InChI=1S/C17H17Cl2N3O2S2/c18-13-10-14(19)12-15(11-13)20-17(25)21-6-8-22(9-7-21)26(23,24)16-4-2-1-3-5-16/h1-5,10-12H,6-9H2,(H,20,25). The molecule has 0 spiro atoms. The second kappa shape index (κ2) is 8.10. The maximum absolute atomic E-state index is 12.7. The van der Waals surface area contributed by atoms with Gasteiger partial charge in [-0.15, -0.1) is 0 Å². The van der Waals surface area contributed by atoms with Crippen LogP contribution in [-0.2, 0) is 10.0 Å². The number of nitrogens with one attached hydrogen (secondary N) is 1. The number of thiocarbonyl (C=S) groups is 1. The Morgan fingerprint density at radius 2 is 1.54 bits per heavy atom. The lowest BCUT2D eigenvalue weighted by molar-refractivity contribution is 0.268. The van der Waals surface area contributed by atoms with Crippen molar-refractivity contribution in [2.45, 2.75) is 4.90 Å². The van der Waals surface area contributed by atoms with Crippen molar-refractivity contribution in [2.24, 2.45) is 0 Å². The Hall–Kier alpha value is -1.38. The van der Waals surface area contributed by atoms with Crippen LogP contribution in [0.4, 0.5) is 5.69 Å². The van der Waals surface area contributed by atoms with Gasteiger partial charge in [-0.1, -0.05) is 41.4 Å². The molecule has 26 heavy (non-hydrogen) atoms. The van der Waals surface area contributed by atoms with Gasteiger partial charge in [0.25, 0.3) is 0 Å². The highest BCUT2D eigenvalue weighted by atomic mass is 35.5. The summed E-state index contributed by atoms with van der Waals surface area (Å²) in [6, 6.07) is 13.6. The second-order valence-corrected chi connectivity index (χ2v) is 8.99. The zero-order valence-corrected chi connectivity index (χ0v) is 16.9. The molecule has 2 aromatic rings. The van der Waals surface area contributed by atoms with Crippen molar-refractivity contribution in [3.63, 3.8) is 0 Å². The van der Waals surface area contributed by atoms with E-state index in [-0.39, 0.29) is 0 Å². The highest BCUT2D eigenvalue weighted by Crippen LogP contribution is 2.23. The number of piperazine rings is 1. The topological polar surface area (TPSA) is 52.7 Å². The minimum absolute atomic E-state index is 0.308. The predicted octanol–water partition coefficient (Wildman–Crippen LogP) is 3.70. The van der Waals surface area contributed by atoms with E-state index < -0.39 is 10.0 Å². The van der Waals surface area contributed by atoms with Crippen LogP contribution in [0.25, 0.3) is 0 Å². The fourth-order valence-corrected chi connectivity index (χ4v) is 4.97. The quantitative estimate of drug-likeness (QED) is 0.753. The smallest absolute Gasteiger partial charge is 0.243 e. The summed E-state index contributed by atoms with van der Waals surface area (Å²) < 4.78 is 26.8. The van der Waals surface area contributed by atoms with Crippen LogP contribution >= 0.6 is 35.4 Å². The van der Waals surface area contributed by atoms with Crippen molar-refractivity contribution < 1.29 is 8.42 Å². The summed E-state index contributed by atoms with van der Waals surface area (Å²) in [5.74, 6) is 0. The van der Waals surface area contributed by atoms with E-state index in [1.807, 2.05) is 4.90 Å². The number of nitrogens with zero attached hydrogens (tertiary/aromatic N) is 2. The van der Waals surface area contributed by atoms with E-state index in [1.165, 1.54) is 4.31 Å². The van der Waals surface area contributed by atoms with Gasteiger partial charge in [0.15, 0.2) is 5.11 Å². The highest BCUT2D eigenvalue weighted by Gasteiger charge is 2.29. The zero-order chi connectivity index (χ0) is 18.7. The Morgan fingerprint density at radius 3 is 2.12 bits per heavy atom. The summed E-state index contributed by atoms with van der Waals surface area (Å²) >= 11 is 17.4. The molecule has 2 aromatic carbocycles. The first kappa shape index (κ1) is 19.4. The van der Waals surface area contributed by atoms with Crippen LogP contribution < -0.4 is 5.32 Å². The lowest BCUT2D eigenvalue weighted by atomic mass is 10.3. The number of halogens is 2. The summed E-state index contributed by atoms with van der Waals surface area (Å²) in [5, 5.41) is 4.64. The molecule has 0 aliphatic carbocycles. The molecule has 0 aromatic heterocycles. The molecule has 1 N–H and O–H groups in total. The van der Waals surface area contributed by atoms with E-state index in [1.54, 1.807) is 48.5 Å². The number of rotatable bonds is 3. The van der Waals surface area contributed by atoms with Crippen LogP contribution in [0, 0.1) is 0 Å². The average molecular weight is 430 g/mol. The molecule has 1 aliphatic rings. The van der Waals surface area contributed by atoms with Crippen LogP contribution in [0.3, 0.4) is 0 Å². The zero-order valence-electron chi connectivity index (χ0n) is 13.7. The molecule has 9 heteroatoms. The van der Waals surface area contributed by atoms with E-state index in [9.17, 15) is 8.42 Å². The third kappa shape index (κ3) is 4.47. The van der Waals surface area contributed by atoms with Crippen LogP contribution in [0.15, 0.2) is 53.4 Å². The SMILES string of the molecule is O=S(=O)(c1ccccc1)N1CCN(C(=S)Nc2cc(Cl)cc(Cl)c2)CC1. The first-order valence-electron chi connectivity index (χ1n) is 7.93. The van der Waals surface area contributed by atoms with E-state index in [2.05, 4.69) is 5.32 Å². The van der Waals surface area contributed by atoms with Gasteiger partial charge in [0.2, 0.25) is 10.0 Å². The van der Waals surface area contributed by atoms with Crippen LogP contribution in [0.1, 0.15) is 0 Å². The Balaban J connectivity index is 1.62. The summed E-state index contributed by atoms with van der Waals surface area (Å²) in [6.45, 7) is 1.75. The minimum Gasteiger partial charge on any atom is -0.346 e.